The Hall–Kier alpha value is 0.0600. The molecule has 1 rings (SSSR count). The summed E-state index contributed by atoms with van der Waals surface area (Å²) in [5, 5.41) is 2.85. The zero-order chi connectivity index (χ0) is 28.1. The van der Waals surface area contributed by atoms with E-state index in [4.69, 9.17) is 15.0 Å². The quantitative estimate of drug-likeness (QED) is 0.0648. The SMILES string of the molecule is CCCCCCCCCCSc1nc(SCCCCCCCCCC)nc(SCCCCCCCCCC)n1. The van der Waals surface area contributed by atoms with E-state index in [0.717, 1.165) is 32.7 Å². The Labute approximate surface area is 256 Å². The summed E-state index contributed by atoms with van der Waals surface area (Å²) in [5.74, 6) is 3.38. The molecule has 228 valence electrons. The maximum absolute atomic E-state index is 4.85. The molecule has 0 amide bonds. The molecule has 0 radical (unpaired) electrons. The zero-order valence-corrected chi connectivity index (χ0v) is 28.6. The molecule has 0 unspecified atom stereocenters. The van der Waals surface area contributed by atoms with Crippen molar-refractivity contribution in [3.63, 3.8) is 0 Å². The van der Waals surface area contributed by atoms with Gasteiger partial charge in [-0.3, -0.25) is 0 Å². The second-order valence-electron chi connectivity index (χ2n) is 11.2. The maximum atomic E-state index is 4.85. The van der Waals surface area contributed by atoms with Gasteiger partial charge in [0.15, 0.2) is 15.5 Å². The van der Waals surface area contributed by atoms with E-state index in [-0.39, 0.29) is 0 Å². The first-order valence-electron chi connectivity index (χ1n) is 16.9. The number of hydrogen-bond donors (Lipinski definition) is 0. The van der Waals surface area contributed by atoms with Gasteiger partial charge in [0.1, 0.15) is 0 Å². The third kappa shape index (κ3) is 24.4. The minimum absolute atomic E-state index is 0.949. The summed E-state index contributed by atoms with van der Waals surface area (Å²) in [4.78, 5) is 14.6. The van der Waals surface area contributed by atoms with E-state index in [1.165, 1.54) is 154 Å². The fourth-order valence-electron chi connectivity index (χ4n) is 4.71. The first kappa shape index (κ1) is 37.1. The van der Waals surface area contributed by atoms with Crippen LogP contribution in [0.25, 0.3) is 0 Å². The van der Waals surface area contributed by atoms with Crippen LogP contribution in [0.2, 0.25) is 0 Å². The van der Waals surface area contributed by atoms with Crippen molar-refractivity contribution in [3.05, 3.63) is 0 Å². The Morgan fingerprint density at radius 3 is 0.744 bits per heavy atom. The van der Waals surface area contributed by atoms with Crippen LogP contribution in [0.5, 0.6) is 0 Å². The summed E-state index contributed by atoms with van der Waals surface area (Å²) < 4.78 is 0. The van der Waals surface area contributed by atoms with Gasteiger partial charge in [0.25, 0.3) is 0 Å². The van der Waals surface area contributed by atoms with E-state index >= 15 is 0 Å². The van der Waals surface area contributed by atoms with Crippen molar-refractivity contribution in [2.24, 2.45) is 0 Å². The van der Waals surface area contributed by atoms with Gasteiger partial charge in [0, 0.05) is 17.3 Å². The van der Waals surface area contributed by atoms with Crippen molar-refractivity contribution in [2.45, 2.75) is 190 Å². The van der Waals surface area contributed by atoms with E-state index < -0.39 is 0 Å². The van der Waals surface area contributed by atoms with Gasteiger partial charge in [-0.15, -0.1) is 0 Å². The molecule has 0 saturated carbocycles. The monoisotopic (exact) mass is 597 g/mol. The highest BCUT2D eigenvalue weighted by Crippen LogP contribution is 2.25. The lowest BCUT2D eigenvalue weighted by Crippen LogP contribution is -1.99. The van der Waals surface area contributed by atoms with Crippen LogP contribution in [-0.2, 0) is 0 Å². The van der Waals surface area contributed by atoms with E-state index in [2.05, 4.69) is 20.8 Å². The van der Waals surface area contributed by atoms with E-state index in [9.17, 15) is 0 Å². The number of hydrogen-bond acceptors (Lipinski definition) is 6. The number of unbranched alkanes of at least 4 members (excludes halogenated alkanes) is 21. The van der Waals surface area contributed by atoms with E-state index in [1.807, 2.05) is 35.3 Å². The highest BCUT2D eigenvalue weighted by atomic mass is 32.2. The van der Waals surface area contributed by atoms with Gasteiger partial charge in [-0.25, -0.2) is 0 Å². The Morgan fingerprint density at radius 2 is 0.513 bits per heavy atom. The molecular weight excluding hydrogens is 535 g/mol. The van der Waals surface area contributed by atoms with E-state index in [0.29, 0.717) is 0 Å². The summed E-state index contributed by atoms with van der Waals surface area (Å²) in [7, 11) is 0. The lowest BCUT2D eigenvalue weighted by atomic mass is 10.1. The minimum atomic E-state index is 0.949. The molecule has 0 atom stereocenters. The highest BCUT2D eigenvalue weighted by Gasteiger charge is 2.09. The third-order valence-corrected chi connectivity index (χ3v) is 10.1. The van der Waals surface area contributed by atoms with Crippen LogP contribution in [-0.4, -0.2) is 32.2 Å². The molecule has 0 bridgehead atoms. The molecule has 0 aliphatic carbocycles. The van der Waals surface area contributed by atoms with Gasteiger partial charge in [-0.05, 0) is 19.3 Å². The second-order valence-corrected chi connectivity index (χ2v) is 14.3. The normalized spacial score (nSPS) is 11.5. The molecular formula is C33H63N3S3. The average Bonchev–Trinajstić information content (AvgIpc) is 2.94. The largest absolute Gasteiger partial charge is 0.196 e. The molecule has 1 aromatic heterocycles. The third-order valence-electron chi connectivity index (χ3n) is 7.26. The smallest absolute Gasteiger partial charge is 0.192 e. The molecule has 0 N–H and O–H groups in total. The fraction of sp³-hybridized carbons (Fsp3) is 0.909. The number of aromatic nitrogens is 3. The molecule has 0 aliphatic heterocycles. The predicted molar refractivity (Wildman–Crippen MR) is 180 cm³/mol. The standard InChI is InChI=1S/C33H63N3S3/c1-4-7-10-13-16-19-22-25-28-37-31-34-32(38-29-26-23-20-17-14-11-8-5-2)36-33(35-31)39-30-27-24-21-18-15-12-9-6-3/h4-30H2,1-3H3. The Morgan fingerprint density at radius 1 is 0.308 bits per heavy atom. The van der Waals surface area contributed by atoms with Crippen LogP contribution in [0.1, 0.15) is 175 Å². The van der Waals surface area contributed by atoms with Crippen molar-refractivity contribution in [3.8, 4) is 0 Å². The van der Waals surface area contributed by atoms with Gasteiger partial charge in [-0.2, -0.15) is 15.0 Å². The molecule has 0 aliphatic rings. The van der Waals surface area contributed by atoms with Crippen molar-refractivity contribution in [2.75, 3.05) is 17.3 Å². The molecule has 1 aromatic rings. The minimum Gasteiger partial charge on any atom is -0.196 e. The van der Waals surface area contributed by atoms with Crippen LogP contribution < -0.4 is 0 Å². The lowest BCUT2D eigenvalue weighted by Gasteiger charge is -2.07. The second kappa shape index (κ2) is 29.5. The first-order valence-corrected chi connectivity index (χ1v) is 19.9. The highest BCUT2D eigenvalue weighted by molar-refractivity contribution is 8.00. The van der Waals surface area contributed by atoms with Gasteiger partial charge in [0.2, 0.25) is 0 Å². The molecule has 3 nitrogen and oxygen atoms in total. The van der Waals surface area contributed by atoms with Crippen LogP contribution in [0, 0.1) is 0 Å². The van der Waals surface area contributed by atoms with Gasteiger partial charge in [-0.1, -0.05) is 191 Å². The predicted octanol–water partition coefficient (Wildman–Crippen LogP) is 12.6. The van der Waals surface area contributed by atoms with Gasteiger partial charge >= 0.3 is 0 Å². The van der Waals surface area contributed by atoms with Gasteiger partial charge < -0.3 is 0 Å². The summed E-state index contributed by atoms with van der Waals surface area (Å²) in [5.41, 5.74) is 0. The van der Waals surface area contributed by atoms with Crippen molar-refractivity contribution in [1.29, 1.82) is 0 Å². The number of nitrogens with zero attached hydrogens (tertiary/aromatic N) is 3. The fourth-order valence-corrected chi connectivity index (χ4v) is 7.38. The Balaban J connectivity index is 2.38. The van der Waals surface area contributed by atoms with Crippen LogP contribution >= 0.6 is 35.3 Å². The summed E-state index contributed by atoms with van der Waals surface area (Å²) in [6.45, 7) is 6.87. The molecule has 0 fully saturated rings. The van der Waals surface area contributed by atoms with Crippen molar-refractivity contribution >= 4 is 35.3 Å². The van der Waals surface area contributed by atoms with Crippen LogP contribution in [0.3, 0.4) is 0 Å². The Kier molecular flexibility index (Phi) is 28.1. The number of thioether (sulfide) groups is 3. The Bertz CT molecular complexity index is 547. The van der Waals surface area contributed by atoms with Crippen molar-refractivity contribution < 1.29 is 0 Å². The first-order chi connectivity index (χ1) is 19.3. The summed E-state index contributed by atoms with van der Waals surface area (Å²) in [6, 6.07) is 0. The number of rotatable bonds is 30. The van der Waals surface area contributed by atoms with Crippen LogP contribution in [0.4, 0.5) is 0 Å². The lowest BCUT2D eigenvalue weighted by molar-refractivity contribution is 0.585. The van der Waals surface area contributed by atoms with Crippen molar-refractivity contribution in [1.82, 2.24) is 15.0 Å². The molecule has 6 heteroatoms. The molecule has 39 heavy (non-hydrogen) atoms. The summed E-state index contributed by atoms with van der Waals surface area (Å²) in [6.07, 6.45) is 32.8. The molecule has 0 saturated heterocycles. The van der Waals surface area contributed by atoms with Crippen LogP contribution in [0.15, 0.2) is 15.5 Å². The van der Waals surface area contributed by atoms with Gasteiger partial charge in [0.05, 0.1) is 0 Å². The zero-order valence-electron chi connectivity index (χ0n) is 26.2. The average molecular weight is 598 g/mol. The molecule has 1 heterocycles. The summed E-state index contributed by atoms with van der Waals surface area (Å²) >= 11 is 5.54. The molecule has 0 spiro atoms. The molecule has 0 aromatic carbocycles. The maximum Gasteiger partial charge on any atom is 0.192 e. The topological polar surface area (TPSA) is 38.7 Å². The van der Waals surface area contributed by atoms with E-state index in [1.54, 1.807) is 0 Å².